The third kappa shape index (κ3) is 3.04. The molecule has 1 saturated heterocycles. The molecule has 0 bridgehead atoms. The van der Waals surface area contributed by atoms with Crippen molar-refractivity contribution < 1.29 is 4.79 Å². The van der Waals surface area contributed by atoms with Gasteiger partial charge in [0.1, 0.15) is 10.4 Å². The number of aryl methyl sites for hydroxylation is 1. The fraction of sp³-hybridized carbons (Fsp3) is 0.500. The molecule has 2 aromatic heterocycles. The lowest BCUT2D eigenvalue weighted by atomic mass is 9.98. The van der Waals surface area contributed by atoms with E-state index < -0.39 is 0 Å². The average Bonchev–Trinajstić information content (AvgIpc) is 3.26. The van der Waals surface area contributed by atoms with E-state index in [1.54, 1.807) is 6.20 Å². The van der Waals surface area contributed by atoms with Crippen LogP contribution in [0.4, 0.5) is 5.82 Å². The van der Waals surface area contributed by atoms with Gasteiger partial charge in [-0.05, 0) is 53.7 Å². The zero-order chi connectivity index (χ0) is 16.7. The number of likely N-dealkylation sites (tertiary alicyclic amines) is 1. The van der Waals surface area contributed by atoms with E-state index in [4.69, 9.17) is 0 Å². The molecule has 1 aliphatic heterocycles. The van der Waals surface area contributed by atoms with Gasteiger partial charge in [-0.25, -0.2) is 4.98 Å². The molecule has 0 spiro atoms. The molecule has 8 heteroatoms. The van der Waals surface area contributed by atoms with E-state index in [-0.39, 0.29) is 5.91 Å². The lowest BCUT2D eigenvalue weighted by molar-refractivity contribution is 0.0779. The molecular formula is C16H18BrN5OS. The van der Waals surface area contributed by atoms with Gasteiger partial charge in [-0.15, -0.1) is 21.5 Å². The lowest BCUT2D eigenvalue weighted by Crippen LogP contribution is -2.33. The van der Waals surface area contributed by atoms with Gasteiger partial charge in [-0.1, -0.05) is 0 Å². The molecule has 126 valence electrons. The van der Waals surface area contributed by atoms with Crippen LogP contribution in [-0.4, -0.2) is 45.1 Å². The number of nitrogens with one attached hydrogen (secondary N) is 1. The van der Waals surface area contributed by atoms with Crippen molar-refractivity contribution in [3.05, 3.63) is 32.8 Å². The van der Waals surface area contributed by atoms with E-state index in [1.165, 1.54) is 11.3 Å². The van der Waals surface area contributed by atoms with Gasteiger partial charge in [0.2, 0.25) is 0 Å². The molecule has 0 radical (unpaired) electrons. The SMILES string of the molecule is Cc1cnc(C(=O)N2C[C@@H]3CC[C@@H](Nc4ccc(Br)nn4)[C@@H]3C2)s1. The van der Waals surface area contributed by atoms with E-state index in [1.807, 2.05) is 24.0 Å². The number of rotatable bonds is 3. The van der Waals surface area contributed by atoms with Crippen LogP contribution in [-0.2, 0) is 0 Å². The second-order valence-electron chi connectivity index (χ2n) is 6.48. The van der Waals surface area contributed by atoms with E-state index in [0.717, 1.165) is 41.2 Å². The van der Waals surface area contributed by atoms with E-state index >= 15 is 0 Å². The highest BCUT2D eigenvalue weighted by molar-refractivity contribution is 9.10. The Morgan fingerprint density at radius 3 is 2.92 bits per heavy atom. The summed E-state index contributed by atoms with van der Waals surface area (Å²) >= 11 is 4.78. The molecule has 6 nitrogen and oxygen atoms in total. The molecular weight excluding hydrogens is 390 g/mol. The predicted molar refractivity (Wildman–Crippen MR) is 96.1 cm³/mol. The highest BCUT2D eigenvalue weighted by Crippen LogP contribution is 2.40. The zero-order valence-corrected chi connectivity index (χ0v) is 15.7. The van der Waals surface area contributed by atoms with Crippen molar-refractivity contribution in [3.63, 3.8) is 0 Å². The summed E-state index contributed by atoms with van der Waals surface area (Å²) in [5.41, 5.74) is 0. The second kappa shape index (κ2) is 6.40. The standard InChI is InChI=1S/C16H18BrN5OS/c1-9-6-18-15(24-9)16(23)22-7-10-2-3-12(11(10)8-22)19-14-5-4-13(17)20-21-14/h4-6,10-12H,2-3,7-8H2,1H3,(H,19,21)/t10-,11+,12+/m0/s1. The van der Waals surface area contributed by atoms with E-state index in [0.29, 0.717) is 22.9 Å². The van der Waals surface area contributed by atoms with Gasteiger partial charge < -0.3 is 10.2 Å². The first-order valence-electron chi connectivity index (χ1n) is 8.07. The number of carbonyl (C=O) groups excluding carboxylic acids is 1. The van der Waals surface area contributed by atoms with Crippen molar-refractivity contribution in [1.82, 2.24) is 20.1 Å². The molecule has 3 atom stereocenters. The minimum Gasteiger partial charge on any atom is -0.365 e. The Hall–Kier alpha value is -1.54. The fourth-order valence-electron chi connectivity index (χ4n) is 3.78. The third-order valence-corrected chi connectivity index (χ3v) is 6.24. The molecule has 1 aliphatic carbocycles. The maximum absolute atomic E-state index is 12.6. The van der Waals surface area contributed by atoms with E-state index in [9.17, 15) is 4.79 Å². The number of amides is 1. The Morgan fingerprint density at radius 2 is 2.21 bits per heavy atom. The molecule has 1 amide bonds. The molecule has 1 saturated carbocycles. The average molecular weight is 408 g/mol. The minimum atomic E-state index is 0.0738. The second-order valence-corrected chi connectivity index (χ2v) is 8.53. The van der Waals surface area contributed by atoms with Crippen LogP contribution in [0, 0.1) is 18.8 Å². The maximum atomic E-state index is 12.6. The summed E-state index contributed by atoms with van der Waals surface area (Å²) in [6.45, 7) is 3.61. The number of anilines is 1. The number of nitrogens with zero attached hydrogens (tertiary/aromatic N) is 4. The molecule has 2 fully saturated rings. The Morgan fingerprint density at radius 1 is 1.33 bits per heavy atom. The number of thiazole rings is 1. The van der Waals surface area contributed by atoms with Crippen LogP contribution in [0.25, 0.3) is 0 Å². The summed E-state index contributed by atoms with van der Waals surface area (Å²) in [4.78, 5) is 19.9. The number of hydrogen-bond acceptors (Lipinski definition) is 6. The number of carbonyl (C=O) groups is 1. The zero-order valence-electron chi connectivity index (χ0n) is 13.3. The fourth-order valence-corrected chi connectivity index (χ4v) is 4.73. The Labute approximate surface area is 152 Å². The molecule has 2 aromatic rings. The van der Waals surface area contributed by atoms with Crippen LogP contribution < -0.4 is 5.32 Å². The van der Waals surface area contributed by atoms with Gasteiger partial charge >= 0.3 is 0 Å². The molecule has 24 heavy (non-hydrogen) atoms. The number of hydrogen-bond donors (Lipinski definition) is 1. The molecule has 0 aromatic carbocycles. The number of aromatic nitrogens is 3. The summed E-state index contributed by atoms with van der Waals surface area (Å²) < 4.78 is 0.730. The van der Waals surface area contributed by atoms with Crippen LogP contribution in [0.1, 0.15) is 27.5 Å². The van der Waals surface area contributed by atoms with Crippen LogP contribution in [0.2, 0.25) is 0 Å². The van der Waals surface area contributed by atoms with Gasteiger partial charge in [0.15, 0.2) is 5.01 Å². The Balaban J connectivity index is 1.43. The number of fused-ring (bicyclic) bond motifs is 1. The predicted octanol–water partition coefficient (Wildman–Crippen LogP) is 2.97. The van der Waals surface area contributed by atoms with Gasteiger partial charge in [0.05, 0.1) is 0 Å². The Kier molecular flexibility index (Phi) is 4.26. The van der Waals surface area contributed by atoms with E-state index in [2.05, 4.69) is 36.4 Å². The first-order valence-corrected chi connectivity index (χ1v) is 9.68. The highest BCUT2D eigenvalue weighted by atomic mass is 79.9. The topological polar surface area (TPSA) is 71.0 Å². The van der Waals surface area contributed by atoms with Crippen LogP contribution >= 0.6 is 27.3 Å². The summed E-state index contributed by atoms with van der Waals surface area (Å²) in [5.74, 6) is 1.91. The maximum Gasteiger partial charge on any atom is 0.282 e. The van der Waals surface area contributed by atoms with Crippen LogP contribution in [0.15, 0.2) is 22.9 Å². The first kappa shape index (κ1) is 16.0. The molecule has 1 N–H and O–H groups in total. The van der Waals surface area contributed by atoms with Crippen molar-refractivity contribution >= 4 is 39.0 Å². The minimum absolute atomic E-state index is 0.0738. The van der Waals surface area contributed by atoms with Crippen molar-refractivity contribution in [1.29, 1.82) is 0 Å². The van der Waals surface area contributed by atoms with Crippen molar-refractivity contribution in [3.8, 4) is 0 Å². The highest BCUT2D eigenvalue weighted by Gasteiger charge is 2.44. The van der Waals surface area contributed by atoms with Crippen molar-refractivity contribution in [2.24, 2.45) is 11.8 Å². The van der Waals surface area contributed by atoms with Gasteiger partial charge in [0.25, 0.3) is 5.91 Å². The molecule has 4 rings (SSSR count). The summed E-state index contributed by atoms with van der Waals surface area (Å²) in [6.07, 6.45) is 4.03. The summed E-state index contributed by atoms with van der Waals surface area (Å²) in [7, 11) is 0. The first-order chi connectivity index (χ1) is 11.6. The van der Waals surface area contributed by atoms with Crippen molar-refractivity contribution in [2.75, 3.05) is 18.4 Å². The molecule has 3 heterocycles. The lowest BCUT2D eigenvalue weighted by Gasteiger charge is -2.21. The number of halogens is 1. The smallest absolute Gasteiger partial charge is 0.282 e. The third-order valence-electron chi connectivity index (χ3n) is 4.91. The van der Waals surface area contributed by atoms with Crippen molar-refractivity contribution in [2.45, 2.75) is 25.8 Å². The van der Waals surface area contributed by atoms with Crippen LogP contribution in [0.3, 0.4) is 0 Å². The van der Waals surface area contributed by atoms with Crippen LogP contribution in [0.5, 0.6) is 0 Å². The van der Waals surface area contributed by atoms with Gasteiger partial charge in [-0.3, -0.25) is 4.79 Å². The van der Waals surface area contributed by atoms with Gasteiger partial charge in [0, 0.05) is 36.1 Å². The largest absolute Gasteiger partial charge is 0.365 e. The van der Waals surface area contributed by atoms with Gasteiger partial charge in [-0.2, -0.15) is 0 Å². The summed E-state index contributed by atoms with van der Waals surface area (Å²) in [6, 6.07) is 4.17. The normalized spacial score (nSPS) is 25.8. The Bertz CT molecular complexity index is 749. The summed E-state index contributed by atoms with van der Waals surface area (Å²) in [5, 5.41) is 12.3. The molecule has 0 unspecified atom stereocenters. The quantitative estimate of drug-likeness (QED) is 0.846. The molecule has 2 aliphatic rings. The monoisotopic (exact) mass is 407 g/mol.